The summed E-state index contributed by atoms with van der Waals surface area (Å²) in [6.07, 6.45) is 5.09. The van der Waals surface area contributed by atoms with Crippen LogP contribution in [0.25, 0.3) is 16.5 Å². The summed E-state index contributed by atoms with van der Waals surface area (Å²) in [5, 5.41) is 1.30. The van der Waals surface area contributed by atoms with E-state index in [2.05, 4.69) is 57.5 Å². The topological polar surface area (TPSA) is 39.3 Å². The van der Waals surface area contributed by atoms with Crippen LogP contribution in [0.15, 0.2) is 35.5 Å². The third kappa shape index (κ3) is 2.57. The first kappa shape index (κ1) is 17.6. The third-order valence-electron chi connectivity index (χ3n) is 5.66. The van der Waals surface area contributed by atoms with Crippen LogP contribution in [0.4, 0.5) is 0 Å². The molecule has 2 aromatic rings. The molecule has 4 rings (SSSR count). The molecule has 0 bridgehead atoms. The molecule has 2 heterocycles. The summed E-state index contributed by atoms with van der Waals surface area (Å²) in [6, 6.07) is 4.67. The fourth-order valence-electron chi connectivity index (χ4n) is 4.42. The van der Waals surface area contributed by atoms with Crippen LogP contribution < -0.4 is 0 Å². The van der Waals surface area contributed by atoms with E-state index in [-0.39, 0.29) is 17.9 Å². The molecule has 1 aromatic carbocycles. The van der Waals surface area contributed by atoms with Gasteiger partial charge in [-0.05, 0) is 51.5 Å². The SMILES string of the molecule is C=CCN1CC(C(=O)N(C)C)C=C2c3ccc(C)c4[nH]c(Br)c(c34)CC21. The fourth-order valence-corrected chi connectivity index (χ4v) is 4.97. The summed E-state index contributed by atoms with van der Waals surface area (Å²) in [4.78, 5) is 20.3. The van der Waals surface area contributed by atoms with Crippen molar-refractivity contribution in [2.45, 2.75) is 19.4 Å². The summed E-state index contributed by atoms with van der Waals surface area (Å²) in [5.41, 5.74) is 6.31. The molecule has 1 N–H and O–H groups in total. The van der Waals surface area contributed by atoms with Gasteiger partial charge in [0.1, 0.15) is 0 Å². The minimum Gasteiger partial charge on any atom is -0.349 e. The summed E-state index contributed by atoms with van der Waals surface area (Å²) >= 11 is 3.73. The third-order valence-corrected chi connectivity index (χ3v) is 6.33. The van der Waals surface area contributed by atoms with Crippen molar-refractivity contribution in [1.82, 2.24) is 14.8 Å². The van der Waals surface area contributed by atoms with Crippen LogP contribution in [-0.2, 0) is 11.2 Å². The van der Waals surface area contributed by atoms with Crippen molar-refractivity contribution >= 4 is 38.3 Å². The number of fused-ring (bicyclic) bond motifs is 2. The molecule has 2 atom stereocenters. The number of benzene rings is 1. The Kier molecular flexibility index (Phi) is 4.32. The second kappa shape index (κ2) is 6.39. The normalized spacial score (nSPS) is 22.1. The molecule has 1 amide bonds. The molecule has 4 nitrogen and oxygen atoms in total. The Morgan fingerprint density at radius 1 is 1.46 bits per heavy atom. The molecular weight excluding hydrogens is 390 g/mol. The Morgan fingerprint density at radius 2 is 2.23 bits per heavy atom. The summed E-state index contributed by atoms with van der Waals surface area (Å²) in [6.45, 7) is 7.59. The number of hydrogen-bond acceptors (Lipinski definition) is 2. The van der Waals surface area contributed by atoms with E-state index in [1.165, 1.54) is 33.2 Å². The van der Waals surface area contributed by atoms with Crippen molar-refractivity contribution in [2.75, 3.05) is 27.2 Å². The smallest absolute Gasteiger partial charge is 0.230 e. The molecular formula is C21H24BrN3O. The average Bonchev–Trinajstić information content (AvgIpc) is 2.95. The molecule has 2 aliphatic rings. The molecule has 1 aliphatic carbocycles. The number of carbonyl (C=O) groups is 1. The Morgan fingerprint density at radius 3 is 2.92 bits per heavy atom. The van der Waals surface area contributed by atoms with Crippen LogP contribution in [0.1, 0.15) is 16.7 Å². The molecule has 0 radical (unpaired) electrons. The number of aryl methyl sites for hydroxylation is 1. The Bertz CT molecular complexity index is 940. The van der Waals surface area contributed by atoms with Crippen LogP contribution in [0.2, 0.25) is 0 Å². The van der Waals surface area contributed by atoms with Crippen molar-refractivity contribution in [2.24, 2.45) is 5.92 Å². The predicted molar refractivity (Wildman–Crippen MR) is 110 cm³/mol. The first-order valence-electron chi connectivity index (χ1n) is 9.00. The highest BCUT2D eigenvalue weighted by molar-refractivity contribution is 9.10. The molecule has 26 heavy (non-hydrogen) atoms. The number of aromatic amines is 1. The van der Waals surface area contributed by atoms with Gasteiger partial charge in [0.25, 0.3) is 0 Å². The number of rotatable bonds is 3. The van der Waals surface area contributed by atoms with Gasteiger partial charge in [0.15, 0.2) is 0 Å². The zero-order valence-corrected chi connectivity index (χ0v) is 17.1. The number of hydrogen-bond donors (Lipinski definition) is 1. The number of nitrogens with zero attached hydrogens (tertiary/aromatic N) is 2. The lowest BCUT2D eigenvalue weighted by atomic mass is 9.79. The number of halogens is 1. The fraction of sp³-hybridized carbons (Fsp3) is 0.381. The molecule has 0 spiro atoms. The zero-order valence-electron chi connectivity index (χ0n) is 15.5. The van der Waals surface area contributed by atoms with Gasteiger partial charge in [-0.2, -0.15) is 0 Å². The van der Waals surface area contributed by atoms with Crippen LogP contribution in [-0.4, -0.2) is 53.9 Å². The number of carbonyl (C=O) groups excluding carboxylic acids is 1. The van der Waals surface area contributed by atoms with E-state index in [1.807, 2.05) is 20.2 Å². The van der Waals surface area contributed by atoms with Gasteiger partial charge in [0.2, 0.25) is 5.91 Å². The maximum atomic E-state index is 12.7. The van der Waals surface area contributed by atoms with Crippen LogP contribution >= 0.6 is 15.9 Å². The van der Waals surface area contributed by atoms with Crippen molar-refractivity contribution in [1.29, 1.82) is 0 Å². The van der Waals surface area contributed by atoms with Crippen LogP contribution in [0.5, 0.6) is 0 Å². The van der Waals surface area contributed by atoms with Crippen molar-refractivity contribution < 1.29 is 4.79 Å². The van der Waals surface area contributed by atoms with Gasteiger partial charge in [-0.15, -0.1) is 6.58 Å². The highest BCUT2D eigenvalue weighted by Gasteiger charge is 2.38. The first-order chi connectivity index (χ1) is 12.4. The molecule has 1 aromatic heterocycles. The zero-order chi connectivity index (χ0) is 18.6. The van der Waals surface area contributed by atoms with E-state index < -0.39 is 0 Å². The highest BCUT2D eigenvalue weighted by atomic mass is 79.9. The minimum atomic E-state index is -0.114. The van der Waals surface area contributed by atoms with E-state index in [9.17, 15) is 4.79 Å². The maximum absolute atomic E-state index is 12.7. The van der Waals surface area contributed by atoms with Gasteiger partial charge in [-0.1, -0.05) is 24.3 Å². The summed E-state index contributed by atoms with van der Waals surface area (Å²) in [7, 11) is 3.66. The first-order valence-corrected chi connectivity index (χ1v) is 9.79. The molecule has 136 valence electrons. The van der Waals surface area contributed by atoms with Gasteiger partial charge in [-0.25, -0.2) is 0 Å². The van der Waals surface area contributed by atoms with E-state index >= 15 is 0 Å². The van der Waals surface area contributed by atoms with E-state index in [4.69, 9.17) is 0 Å². The highest BCUT2D eigenvalue weighted by Crippen LogP contribution is 2.44. The molecule has 0 fully saturated rings. The second-order valence-corrected chi connectivity index (χ2v) is 8.31. The average molecular weight is 414 g/mol. The predicted octanol–water partition coefficient (Wildman–Crippen LogP) is 3.75. The molecule has 5 heteroatoms. The van der Waals surface area contributed by atoms with Crippen LogP contribution in [0, 0.1) is 12.8 Å². The van der Waals surface area contributed by atoms with Crippen molar-refractivity contribution in [3.63, 3.8) is 0 Å². The summed E-state index contributed by atoms with van der Waals surface area (Å²) < 4.78 is 1.08. The summed E-state index contributed by atoms with van der Waals surface area (Å²) in [5.74, 6) is 0.0471. The Hall–Kier alpha value is -1.85. The van der Waals surface area contributed by atoms with Crippen LogP contribution in [0.3, 0.4) is 0 Å². The number of aromatic nitrogens is 1. The lowest BCUT2D eigenvalue weighted by Gasteiger charge is -2.41. The largest absolute Gasteiger partial charge is 0.349 e. The van der Waals surface area contributed by atoms with Gasteiger partial charge in [0, 0.05) is 38.6 Å². The van der Waals surface area contributed by atoms with Gasteiger partial charge < -0.3 is 9.88 Å². The van der Waals surface area contributed by atoms with Gasteiger partial charge in [-0.3, -0.25) is 9.69 Å². The number of H-pyrrole nitrogens is 1. The second-order valence-electron chi connectivity index (χ2n) is 7.52. The Labute approximate surface area is 162 Å². The van der Waals surface area contributed by atoms with E-state index in [0.29, 0.717) is 0 Å². The lowest BCUT2D eigenvalue weighted by Crippen LogP contribution is -2.48. The molecule has 1 aliphatic heterocycles. The standard InChI is InChI=1S/C21H24BrN3O/c1-5-8-25-11-13(21(26)24(3)4)9-15-14-7-6-12(2)19-18(14)16(10-17(15)25)20(22)23-19/h5-7,9,13,17,23H,1,8,10-11H2,2-4H3. The van der Waals surface area contributed by atoms with Gasteiger partial charge >= 0.3 is 0 Å². The van der Waals surface area contributed by atoms with E-state index in [0.717, 1.165) is 24.1 Å². The molecule has 0 saturated carbocycles. The lowest BCUT2D eigenvalue weighted by molar-refractivity contribution is -0.132. The Balaban J connectivity index is 1.92. The molecule has 2 unspecified atom stereocenters. The van der Waals surface area contributed by atoms with Crippen molar-refractivity contribution in [3.8, 4) is 0 Å². The number of nitrogens with one attached hydrogen (secondary N) is 1. The minimum absolute atomic E-state index is 0.114. The molecule has 0 saturated heterocycles. The maximum Gasteiger partial charge on any atom is 0.230 e. The van der Waals surface area contributed by atoms with Crippen molar-refractivity contribution in [3.05, 3.63) is 52.2 Å². The number of amides is 1. The quantitative estimate of drug-likeness (QED) is 0.778. The van der Waals surface area contributed by atoms with Gasteiger partial charge in [0.05, 0.1) is 16.0 Å². The van der Waals surface area contributed by atoms with E-state index in [1.54, 1.807) is 4.90 Å². The monoisotopic (exact) mass is 413 g/mol.